The monoisotopic (exact) mass is 497 g/mol. The Labute approximate surface area is 209 Å². The first kappa shape index (κ1) is 22.2. The van der Waals surface area contributed by atoms with Crippen LogP contribution in [0.3, 0.4) is 0 Å². The number of H-pyrrole nitrogens is 1. The van der Waals surface area contributed by atoms with Crippen LogP contribution in [0.4, 0.5) is 10.1 Å². The number of aryl methyl sites for hydroxylation is 1. The van der Waals surface area contributed by atoms with E-state index in [4.69, 9.17) is 4.74 Å². The van der Waals surface area contributed by atoms with Gasteiger partial charge in [-0.15, -0.1) is 11.3 Å². The average molecular weight is 498 g/mol. The van der Waals surface area contributed by atoms with E-state index in [9.17, 15) is 14.0 Å². The number of hydrogen-bond donors (Lipinski definition) is 2. The second-order valence-corrected chi connectivity index (χ2v) is 9.71. The minimum Gasteiger partial charge on any atom is -0.437 e. The van der Waals surface area contributed by atoms with Gasteiger partial charge in [-0.25, -0.2) is 4.39 Å². The molecule has 8 heteroatoms. The summed E-state index contributed by atoms with van der Waals surface area (Å²) in [6.45, 7) is 2.03. The third kappa shape index (κ3) is 3.85. The predicted molar refractivity (Wildman–Crippen MR) is 138 cm³/mol. The van der Waals surface area contributed by atoms with Crippen LogP contribution in [0.25, 0.3) is 10.1 Å². The largest absolute Gasteiger partial charge is 0.437 e. The van der Waals surface area contributed by atoms with Crippen molar-refractivity contribution in [1.82, 2.24) is 9.97 Å². The van der Waals surface area contributed by atoms with E-state index in [-0.39, 0.29) is 29.8 Å². The van der Waals surface area contributed by atoms with Crippen LogP contribution in [0.5, 0.6) is 11.6 Å². The molecular formula is C28H20FN3O3S. The van der Waals surface area contributed by atoms with Crippen molar-refractivity contribution >= 4 is 33.0 Å². The molecule has 0 bridgehead atoms. The second-order valence-electron chi connectivity index (χ2n) is 8.66. The lowest BCUT2D eigenvalue weighted by Gasteiger charge is -2.25. The molecule has 0 saturated carbocycles. The lowest BCUT2D eigenvalue weighted by Crippen LogP contribution is -2.26. The van der Waals surface area contributed by atoms with Crippen molar-refractivity contribution in [3.05, 3.63) is 116 Å². The number of carbonyl (C=O) groups is 1. The van der Waals surface area contributed by atoms with Crippen LogP contribution in [0.2, 0.25) is 0 Å². The summed E-state index contributed by atoms with van der Waals surface area (Å²) >= 11 is 1.56. The Hall–Kier alpha value is -4.30. The summed E-state index contributed by atoms with van der Waals surface area (Å²) < 4.78 is 21.0. The first-order chi connectivity index (χ1) is 17.5. The topological polar surface area (TPSA) is 84.1 Å². The molecule has 6 nitrogen and oxygen atoms in total. The molecule has 6 rings (SSSR count). The zero-order valence-corrected chi connectivity index (χ0v) is 20.0. The molecule has 0 radical (unpaired) electrons. The third-order valence-corrected chi connectivity index (χ3v) is 7.59. The van der Waals surface area contributed by atoms with Gasteiger partial charge < -0.3 is 15.0 Å². The number of halogens is 1. The zero-order chi connectivity index (χ0) is 24.8. The SMILES string of the molecule is Cc1cccc2c3c(sc12)C(c1ccc(F)cc1)c1c(nc(CC(=O)Nc2ccccc2)[nH]c1=O)O3. The number of para-hydroxylation sites is 1. The minimum atomic E-state index is -0.482. The second kappa shape index (κ2) is 8.73. The molecule has 2 N–H and O–H groups in total. The number of nitrogens with one attached hydrogen (secondary N) is 2. The highest BCUT2D eigenvalue weighted by atomic mass is 32.1. The van der Waals surface area contributed by atoms with Gasteiger partial charge in [-0.2, -0.15) is 4.98 Å². The Morgan fingerprint density at radius 1 is 1.08 bits per heavy atom. The smallest absolute Gasteiger partial charge is 0.258 e. The first-order valence-electron chi connectivity index (χ1n) is 11.4. The Morgan fingerprint density at radius 3 is 2.64 bits per heavy atom. The van der Waals surface area contributed by atoms with Crippen molar-refractivity contribution in [3.63, 3.8) is 0 Å². The van der Waals surface area contributed by atoms with Crippen molar-refractivity contribution in [2.75, 3.05) is 5.32 Å². The Bertz CT molecular complexity index is 1680. The fraction of sp³-hybridized carbons (Fsp3) is 0.107. The van der Waals surface area contributed by atoms with Crippen LogP contribution in [0.15, 0.2) is 77.6 Å². The van der Waals surface area contributed by atoms with Gasteiger partial charge in [0.2, 0.25) is 11.8 Å². The average Bonchev–Trinajstić information content (AvgIpc) is 3.23. The summed E-state index contributed by atoms with van der Waals surface area (Å²) in [7, 11) is 0. The van der Waals surface area contributed by atoms with E-state index in [1.54, 1.807) is 35.6 Å². The molecule has 5 aromatic rings. The molecule has 1 amide bonds. The molecule has 0 spiro atoms. The molecule has 0 aliphatic carbocycles. The molecule has 36 heavy (non-hydrogen) atoms. The summed E-state index contributed by atoms with van der Waals surface area (Å²) in [6.07, 6.45) is -0.127. The van der Waals surface area contributed by atoms with Crippen LogP contribution in [-0.4, -0.2) is 15.9 Å². The van der Waals surface area contributed by atoms with Crippen molar-refractivity contribution < 1.29 is 13.9 Å². The molecule has 3 heterocycles. The number of anilines is 1. The van der Waals surface area contributed by atoms with Crippen LogP contribution in [0.1, 0.15) is 33.3 Å². The maximum atomic E-state index is 13.7. The van der Waals surface area contributed by atoms with E-state index in [0.717, 1.165) is 26.1 Å². The molecule has 1 atom stereocenters. The molecule has 178 valence electrons. The van der Waals surface area contributed by atoms with Gasteiger partial charge in [-0.1, -0.05) is 42.5 Å². The third-order valence-electron chi connectivity index (χ3n) is 6.20. The predicted octanol–water partition coefficient (Wildman–Crippen LogP) is 5.90. The summed E-state index contributed by atoms with van der Waals surface area (Å²) in [5.41, 5.74) is 2.45. The van der Waals surface area contributed by atoms with E-state index in [0.29, 0.717) is 17.0 Å². The zero-order valence-electron chi connectivity index (χ0n) is 19.2. The van der Waals surface area contributed by atoms with Gasteiger partial charge in [0.15, 0.2) is 5.75 Å². The maximum absolute atomic E-state index is 13.7. The van der Waals surface area contributed by atoms with Crippen molar-refractivity contribution in [1.29, 1.82) is 0 Å². The molecule has 1 unspecified atom stereocenters. The number of carbonyl (C=O) groups excluding carboxylic acids is 1. The highest BCUT2D eigenvalue weighted by Crippen LogP contribution is 2.52. The molecule has 1 aliphatic rings. The first-order valence-corrected chi connectivity index (χ1v) is 12.2. The van der Waals surface area contributed by atoms with E-state index in [1.165, 1.54) is 12.1 Å². The number of benzene rings is 3. The van der Waals surface area contributed by atoms with Crippen LogP contribution in [-0.2, 0) is 11.2 Å². The van der Waals surface area contributed by atoms with Crippen molar-refractivity contribution in [2.24, 2.45) is 0 Å². The van der Waals surface area contributed by atoms with Gasteiger partial charge in [-0.3, -0.25) is 9.59 Å². The van der Waals surface area contributed by atoms with Crippen LogP contribution in [0, 0.1) is 12.7 Å². The minimum absolute atomic E-state index is 0.127. The van der Waals surface area contributed by atoms with Crippen molar-refractivity contribution in [2.45, 2.75) is 19.3 Å². The number of hydrogen-bond acceptors (Lipinski definition) is 5. The number of fused-ring (bicyclic) bond motifs is 4. The highest BCUT2D eigenvalue weighted by Gasteiger charge is 2.36. The van der Waals surface area contributed by atoms with Crippen LogP contribution >= 0.6 is 11.3 Å². The van der Waals surface area contributed by atoms with Gasteiger partial charge in [0, 0.05) is 15.8 Å². The van der Waals surface area contributed by atoms with Crippen LogP contribution < -0.4 is 15.6 Å². The Morgan fingerprint density at radius 2 is 1.86 bits per heavy atom. The quantitative estimate of drug-likeness (QED) is 0.318. The van der Waals surface area contributed by atoms with Crippen molar-refractivity contribution in [3.8, 4) is 11.6 Å². The summed E-state index contributed by atoms with van der Waals surface area (Å²) in [5, 5.41) is 3.73. The molecular weight excluding hydrogens is 477 g/mol. The van der Waals surface area contributed by atoms with E-state index < -0.39 is 11.5 Å². The van der Waals surface area contributed by atoms with Gasteiger partial charge >= 0.3 is 0 Å². The highest BCUT2D eigenvalue weighted by molar-refractivity contribution is 7.19. The summed E-state index contributed by atoms with van der Waals surface area (Å²) in [6, 6.07) is 21.1. The van der Waals surface area contributed by atoms with Gasteiger partial charge in [-0.05, 0) is 48.4 Å². The molecule has 1 aliphatic heterocycles. The Kier molecular flexibility index (Phi) is 5.38. The fourth-order valence-electron chi connectivity index (χ4n) is 4.55. The number of aromatic amines is 1. The molecule has 0 saturated heterocycles. The van der Waals surface area contributed by atoms with E-state index >= 15 is 0 Å². The lowest BCUT2D eigenvalue weighted by molar-refractivity contribution is -0.115. The maximum Gasteiger partial charge on any atom is 0.258 e. The normalized spacial score (nSPS) is 14.1. The van der Waals surface area contributed by atoms with E-state index in [2.05, 4.69) is 15.3 Å². The molecule has 2 aromatic heterocycles. The van der Waals surface area contributed by atoms with Gasteiger partial charge in [0.05, 0.1) is 22.8 Å². The summed E-state index contributed by atoms with van der Waals surface area (Å²) in [4.78, 5) is 34.2. The fourth-order valence-corrected chi connectivity index (χ4v) is 5.89. The molecule has 3 aromatic carbocycles. The van der Waals surface area contributed by atoms with Gasteiger partial charge in [0.25, 0.3) is 5.56 Å². The van der Waals surface area contributed by atoms with Gasteiger partial charge in [0.1, 0.15) is 11.6 Å². The number of amides is 1. The van der Waals surface area contributed by atoms with E-state index in [1.807, 2.05) is 43.3 Å². The standard InChI is InChI=1S/C28H20FN3O3S/c1-15-6-5-9-19-24-26(36-25(15)19)22(16-10-12-17(29)13-11-16)23-27(34)31-20(32-28(23)35-24)14-21(33)30-18-7-3-2-4-8-18/h2-13,22H,14H2,1H3,(H,30,33)(H,31,32,34). The number of nitrogens with zero attached hydrogens (tertiary/aromatic N) is 1. The lowest BCUT2D eigenvalue weighted by atomic mass is 9.89. The molecule has 0 fully saturated rings. The summed E-state index contributed by atoms with van der Waals surface area (Å²) in [5.74, 6) is -0.158. The number of thiophene rings is 1. The number of aromatic nitrogens is 2. The number of ether oxygens (including phenoxy) is 1. The number of rotatable bonds is 4. The Balaban J connectivity index is 1.45.